The fourth-order valence-electron chi connectivity index (χ4n) is 1.03. The third-order valence-corrected chi connectivity index (χ3v) is 5.43. The summed E-state index contributed by atoms with van der Waals surface area (Å²) in [5.74, 6) is 1.89. The van der Waals surface area contributed by atoms with Crippen molar-refractivity contribution >= 4 is 13.1 Å². The fourth-order valence-corrected chi connectivity index (χ4v) is 2.46. The molecule has 0 bridgehead atoms. The SMILES string of the molecule is C#CC(C)(C)OC(=O)CP(=O)(CC)CC. The number of esters is 1. The maximum absolute atomic E-state index is 12.0. The second-order valence-corrected chi connectivity index (χ2v) is 7.67. The lowest BCUT2D eigenvalue weighted by Gasteiger charge is -2.20. The molecule has 0 radical (unpaired) electrons. The Balaban J connectivity index is 4.41. The Morgan fingerprint density at radius 3 is 2.20 bits per heavy atom. The zero-order chi connectivity index (χ0) is 12.1. The molecule has 86 valence electrons. The zero-order valence-electron chi connectivity index (χ0n) is 9.87. The summed E-state index contributed by atoms with van der Waals surface area (Å²) >= 11 is 0. The van der Waals surface area contributed by atoms with Crippen LogP contribution in [0.5, 0.6) is 0 Å². The van der Waals surface area contributed by atoms with E-state index in [0.29, 0.717) is 12.3 Å². The third kappa shape index (κ3) is 5.04. The summed E-state index contributed by atoms with van der Waals surface area (Å²) in [6.45, 7) is 6.91. The van der Waals surface area contributed by atoms with E-state index >= 15 is 0 Å². The molecule has 0 aromatic heterocycles. The van der Waals surface area contributed by atoms with Crippen LogP contribution in [0, 0.1) is 12.3 Å². The Labute approximate surface area is 92.0 Å². The molecule has 0 aliphatic carbocycles. The minimum Gasteiger partial charge on any atom is -0.446 e. The Kier molecular flexibility index (Phi) is 5.11. The first kappa shape index (κ1) is 14.3. The number of carbonyl (C=O) groups excluding carboxylic acids is 1. The third-order valence-electron chi connectivity index (χ3n) is 2.29. The first-order chi connectivity index (χ1) is 6.78. The maximum atomic E-state index is 12.0. The molecule has 0 aromatic carbocycles. The van der Waals surface area contributed by atoms with Crippen LogP contribution in [0.4, 0.5) is 0 Å². The van der Waals surface area contributed by atoms with Crippen LogP contribution in [-0.2, 0) is 14.1 Å². The molecule has 0 rings (SSSR count). The lowest BCUT2D eigenvalue weighted by Crippen LogP contribution is -2.27. The lowest BCUT2D eigenvalue weighted by atomic mass is 10.1. The van der Waals surface area contributed by atoms with Crippen LogP contribution < -0.4 is 0 Å². The Morgan fingerprint density at radius 2 is 1.87 bits per heavy atom. The topological polar surface area (TPSA) is 43.4 Å². The summed E-state index contributed by atoms with van der Waals surface area (Å²) in [6, 6.07) is 0. The molecule has 0 unspecified atom stereocenters. The van der Waals surface area contributed by atoms with Crippen molar-refractivity contribution in [3.63, 3.8) is 0 Å². The van der Waals surface area contributed by atoms with Crippen LogP contribution in [0.3, 0.4) is 0 Å². The van der Waals surface area contributed by atoms with E-state index in [1.165, 1.54) is 0 Å². The van der Waals surface area contributed by atoms with Crippen molar-refractivity contribution in [1.29, 1.82) is 0 Å². The van der Waals surface area contributed by atoms with E-state index in [-0.39, 0.29) is 6.16 Å². The highest BCUT2D eigenvalue weighted by Gasteiger charge is 2.26. The summed E-state index contributed by atoms with van der Waals surface area (Å²) in [7, 11) is -2.38. The quantitative estimate of drug-likeness (QED) is 0.413. The molecule has 0 spiro atoms. The fraction of sp³-hybridized carbons (Fsp3) is 0.727. The van der Waals surface area contributed by atoms with Gasteiger partial charge in [0.25, 0.3) is 0 Å². The maximum Gasteiger partial charge on any atom is 0.314 e. The molecule has 0 saturated carbocycles. The molecule has 0 aromatic rings. The predicted octanol–water partition coefficient (Wildman–Crippen LogP) is 2.34. The average Bonchev–Trinajstić information content (AvgIpc) is 2.16. The summed E-state index contributed by atoms with van der Waals surface area (Å²) in [4.78, 5) is 11.5. The van der Waals surface area contributed by atoms with E-state index in [4.69, 9.17) is 11.2 Å². The molecule has 0 heterocycles. The van der Waals surface area contributed by atoms with Crippen LogP contribution in [0.25, 0.3) is 0 Å². The second kappa shape index (κ2) is 5.37. The van der Waals surface area contributed by atoms with E-state index in [1.807, 2.05) is 13.8 Å². The van der Waals surface area contributed by atoms with Crippen molar-refractivity contribution in [3.8, 4) is 12.3 Å². The van der Waals surface area contributed by atoms with Gasteiger partial charge in [0.1, 0.15) is 0 Å². The van der Waals surface area contributed by atoms with Crippen molar-refractivity contribution in [2.24, 2.45) is 0 Å². The highest BCUT2D eigenvalue weighted by molar-refractivity contribution is 7.64. The smallest absolute Gasteiger partial charge is 0.314 e. The second-order valence-electron chi connectivity index (χ2n) is 3.98. The normalized spacial score (nSPS) is 11.9. The molecule has 0 aliphatic rings. The summed E-state index contributed by atoms with van der Waals surface area (Å²) in [5.41, 5.74) is -0.913. The van der Waals surface area contributed by atoms with Crippen molar-refractivity contribution in [2.75, 3.05) is 18.5 Å². The van der Waals surface area contributed by atoms with Gasteiger partial charge in [-0.25, -0.2) is 0 Å². The Morgan fingerprint density at radius 1 is 1.40 bits per heavy atom. The van der Waals surface area contributed by atoms with Gasteiger partial charge in [-0.1, -0.05) is 19.8 Å². The number of terminal acetylenes is 1. The van der Waals surface area contributed by atoms with Crippen molar-refractivity contribution in [1.82, 2.24) is 0 Å². The van der Waals surface area contributed by atoms with Crippen LogP contribution in [0.1, 0.15) is 27.7 Å². The molecule has 4 heteroatoms. The van der Waals surface area contributed by atoms with E-state index < -0.39 is 18.7 Å². The standard InChI is InChI=1S/C11H19O3P/c1-6-11(4,5)14-10(12)9-15(13,7-2)8-3/h1H,7-9H2,2-5H3. The van der Waals surface area contributed by atoms with Crippen LogP contribution in [-0.4, -0.2) is 30.1 Å². The summed E-state index contributed by atoms with van der Waals surface area (Å²) < 4.78 is 17.0. The zero-order valence-corrected chi connectivity index (χ0v) is 10.8. The summed E-state index contributed by atoms with van der Waals surface area (Å²) in [6.07, 6.45) is 6.22. The minimum atomic E-state index is -2.38. The van der Waals surface area contributed by atoms with E-state index in [1.54, 1.807) is 13.8 Å². The first-order valence-electron chi connectivity index (χ1n) is 5.05. The van der Waals surface area contributed by atoms with Gasteiger partial charge in [-0.15, -0.1) is 6.42 Å². The van der Waals surface area contributed by atoms with Gasteiger partial charge in [0, 0.05) is 0 Å². The van der Waals surface area contributed by atoms with E-state index in [0.717, 1.165) is 0 Å². The monoisotopic (exact) mass is 230 g/mol. The van der Waals surface area contributed by atoms with Gasteiger partial charge in [-0.3, -0.25) is 4.79 Å². The molecule has 0 saturated heterocycles. The van der Waals surface area contributed by atoms with Gasteiger partial charge >= 0.3 is 5.97 Å². The lowest BCUT2D eigenvalue weighted by molar-refractivity contribution is -0.148. The largest absolute Gasteiger partial charge is 0.446 e. The highest BCUT2D eigenvalue weighted by atomic mass is 31.2. The molecule has 0 atom stereocenters. The van der Waals surface area contributed by atoms with Crippen LogP contribution in [0.2, 0.25) is 0 Å². The van der Waals surface area contributed by atoms with Gasteiger partial charge in [-0.2, -0.15) is 0 Å². The molecule has 0 fully saturated rings. The first-order valence-corrected chi connectivity index (χ1v) is 7.31. The molecule has 0 amide bonds. The number of hydrogen-bond acceptors (Lipinski definition) is 3. The van der Waals surface area contributed by atoms with E-state index in [2.05, 4.69) is 5.92 Å². The highest BCUT2D eigenvalue weighted by Crippen LogP contribution is 2.44. The van der Waals surface area contributed by atoms with Gasteiger partial charge in [0.2, 0.25) is 0 Å². The molecule has 3 nitrogen and oxygen atoms in total. The Bertz CT molecular complexity index is 304. The minimum absolute atomic E-state index is 0.00882. The van der Waals surface area contributed by atoms with Gasteiger partial charge in [-0.05, 0) is 26.2 Å². The van der Waals surface area contributed by atoms with E-state index in [9.17, 15) is 9.36 Å². The Hall–Kier alpha value is -0.740. The average molecular weight is 230 g/mol. The van der Waals surface area contributed by atoms with Crippen LogP contribution >= 0.6 is 7.14 Å². The number of carbonyl (C=O) groups is 1. The number of hydrogen-bond donors (Lipinski definition) is 0. The van der Waals surface area contributed by atoms with Gasteiger partial charge < -0.3 is 9.30 Å². The van der Waals surface area contributed by atoms with Gasteiger partial charge in [0.05, 0.1) is 13.3 Å². The van der Waals surface area contributed by atoms with Crippen molar-refractivity contribution < 1.29 is 14.1 Å². The number of rotatable bonds is 5. The predicted molar refractivity (Wildman–Crippen MR) is 62.6 cm³/mol. The van der Waals surface area contributed by atoms with Crippen molar-refractivity contribution in [3.05, 3.63) is 0 Å². The van der Waals surface area contributed by atoms with Crippen molar-refractivity contribution in [2.45, 2.75) is 33.3 Å². The molecule has 0 N–H and O–H groups in total. The molecule has 15 heavy (non-hydrogen) atoms. The molecular formula is C11H19O3P. The van der Waals surface area contributed by atoms with Gasteiger partial charge in [0.15, 0.2) is 5.60 Å². The molecule has 0 aliphatic heterocycles. The van der Waals surface area contributed by atoms with Crippen LogP contribution in [0.15, 0.2) is 0 Å². The molecular weight excluding hydrogens is 211 g/mol. The summed E-state index contributed by atoms with van der Waals surface area (Å²) in [5, 5.41) is 0. The number of ether oxygens (including phenoxy) is 1.